The summed E-state index contributed by atoms with van der Waals surface area (Å²) in [4.78, 5) is 0. The van der Waals surface area contributed by atoms with Gasteiger partial charge in [-0.05, 0) is 30.7 Å². The minimum absolute atomic E-state index is 0.386. The Morgan fingerprint density at radius 3 is 2.43 bits per heavy atom. The van der Waals surface area contributed by atoms with Crippen molar-refractivity contribution in [3.05, 3.63) is 0 Å². The van der Waals surface area contributed by atoms with E-state index in [1.54, 1.807) is 0 Å². The maximum absolute atomic E-state index is 5.79. The first-order valence-corrected chi connectivity index (χ1v) is 5.96. The zero-order valence-corrected chi connectivity index (χ0v) is 9.97. The summed E-state index contributed by atoms with van der Waals surface area (Å²) in [5.41, 5.74) is 6.18. The highest BCUT2D eigenvalue weighted by Crippen LogP contribution is 2.24. The van der Waals surface area contributed by atoms with Crippen LogP contribution in [-0.4, -0.2) is 19.1 Å². The van der Waals surface area contributed by atoms with Crippen LogP contribution < -0.4 is 11.1 Å². The summed E-state index contributed by atoms with van der Waals surface area (Å²) >= 11 is 0. The largest absolute Gasteiger partial charge is 0.330 e. The molecule has 1 fully saturated rings. The second-order valence-corrected chi connectivity index (χ2v) is 5.83. The van der Waals surface area contributed by atoms with Crippen molar-refractivity contribution in [2.45, 2.75) is 52.5 Å². The molecule has 2 heteroatoms. The van der Waals surface area contributed by atoms with Crippen molar-refractivity contribution in [3.8, 4) is 0 Å². The van der Waals surface area contributed by atoms with Crippen molar-refractivity contribution in [2.24, 2.45) is 17.1 Å². The standard InChI is InChI=1S/C12H26N2/c1-12(2,3)9-14-11-7-5-4-6-10(11)8-13/h10-11,14H,4-9,13H2,1-3H3. The van der Waals surface area contributed by atoms with E-state index in [1.165, 1.54) is 25.7 Å². The van der Waals surface area contributed by atoms with Crippen LogP contribution in [0.3, 0.4) is 0 Å². The summed E-state index contributed by atoms with van der Waals surface area (Å²) < 4.78 is 0. The van der Waals surface area contributed by atoms with Gasteiger partial charge < -0.3 is 11.1 Å². The van der Waals surface area contributed by atoms with Gasteiger partial charge in [0, 0.05) is 12.6 Å². The first-order valence-electron chi connectivity index (χ1n) is 5.96. The van der Waals surface area contributed by atoms with E-state index in [-0.39, 0.29) is 0 Å². The van der Waals surface area contributed by atoms with Gasteiger partial charge in [-0.2, -0.15) is 0 Å². The topological polar surface area (TPSA) is 38.0 Å². The zero-order valence-electron chi connectivity index (χ0n) is 9.97. The van der Waals surface area contributed by atoms with E-state index in [0.29, 0.717) is 17.4 Å². The smallest absolute Gasteiger partial charge is 0.0108 e. The van der Waals surface area contributed by atoms with E-state index in [0.717, 1.165) is 13.1 Å². The molecule has 84 valence electrons. The molecular formula is C12H26N2. The molecule has 1 aliphatic rings. The van der Waals surface area contributed by atoms with Crippen molar-refractivity contribution in [3.63, 3.8) is 0 Å². The molecule has 2 unspecified atom stereocenters. The third-order valence-corrected chi connectivity index (χ3v) is 3.11. The molecular weight excluding hydrogens is 172 g/mol. The molecule has 3 N–H and O–H groups in total. The first kappa shape index (κ1) is 12.0. The Balaban J connectivity index is 2.33. The van der Waals surface area contributed by atoms with Gasteiger partial charge in [0.2, 0.25) is 0 Å². The molecule has 0 aromatic heterocycles. The van der Waals surface area contributed by atoms with Gasteiger partial charge >= 0.3 is 0 Å². The lowest BCUT2D eigenvalue weighted by atomic mass is 9.84. The van der Waals surface area contributed by atoms with E-state index >= 15 is 0 Å². The van der Waals surface area contributed by atoms with Crippen LogP contribution in [0.4, 0.5) is 0 Å². The summed E-state index contributed by atoms with van der Waals surface area (Å²) in [5, 5.41) is 3.68. The van der Waals surface area contributed by atoms with Gasteiger partial charge in [0.05, 0.1) is 0 Å². The molecule has 0 spiro atoms. The molecule has 0 aromatic rings. The average Bonchev–Trinajstić information content (AvgIpc) is 2.14. The highest BCUT2D eigenvalue weighted by molar-refractivity contribution is 4.82. The van der Waals surface area contributed by atoms with Gasteiger partial charge in [0.1, 0.15) is 0 Å². The Morgan fingerprint density at radius 2 is 1.86 bits per heavy atom. The second-order valence-electron chi connectivity index (χ2n) is 5.83. The van der Waals surface area contributed by atoms with Gasteiger partial charge in [0.15, 0.2) is 0 Å². The number of nitrogens with one attached hydrogen (secondary N) is 1. The van der Waals surface area contributed by atoms with E-state index in [4.69, 9.17) is 5.73 Å². The van der Waals surface area contributed by atoms with Crippen molar-refractivity contribution >= 4 is 0 Å². The van der Waals surface area contributed by atoms with Crippen LogP contribution in [-0.2, 0) is 0 Å². The van der Waals surface area contributed by atoms with Crippen molar-refractivity contribution < 1.29 is 0 Å². The van der Waals surface area contributed by atoms with Crippen LogP contribution in [0.15, 0.2) is 0 Å². The summed E-state index contributed by atoms with van der Waals surface area (Å²) in [7, 11) is 0. The minimum Gasteiger partial charge on any atom is -0.330 e. The number of rotatable bonds is 3. The molecule has 1 rings (SSSR count). The Kier molecular flexibility index (Phi) is 4.39. The maximum atomic E-state index is 5.79. The second kappa shape index (κ2) is 5.13. The van der Waals surface area contributed by atoms with E-state index in [9.17, 15) is 0 Å². The lowest BCUT2D eigenvalue weighted by Gasteiger charge is -2.33. The van der Waals surface area contributed by atoms with Crippen LogP contribution >= 0.6 is 0 Å². The first-order chi connectivity index (χ1) is 6.53. The van der Waals surface area contributed by atoms with Crippen LogP contribution in [0, 0.1) is 11.3 Å². The number of hydrogen-bond acceptors (Lipinski definition) is 2. The highest BCUT2D eigenvalue weighted by Gasteiger charge is 2.24. The molecule has 0 bridgehead atoms. The Labute approximate surface area is 88.6 Å². The van der Waals surface area contributed by atoms with E-state index in [1.807, 2.05) is 0 Å². The molecule has 0 radical (unpaired) electrons. The molecule has 0 saturated heterocycles. The summed E-state index contributed by atoms with van der Waals surface area (Å²) in [6.45, 7) is 8.79. The molecule has 1 aliphatic carbocycles. The third kappa shape index (κ3) is 3.97. The third-order valence-electron chi connectivity index (χ3n) is 3.11. The Morgan fingerprint density at radius 1 is 1.21 bits per heavy atom. The van der Waals surface area contributed by atoms with Crippen molar-refractivity contribution in [2.75, 3.05) is 13.1 Å². The van der Waals surface area contributed by atoms with Crippen LogP contribution in [0.5, 0.6) is 0 Å². The Bertz CT molecular complexity index is 160. The van der Waals surface area contributed by atoms with Crippen LogP contribution in [0.2, 0.25) is 0 Å². The predicted molar refractivity (Wildman–Crippen MR) is 62.3 cm³/mol. The van der Waals surface area contributed by atoms with Gasteiger partial charge in [-0.25, -0.2) is 0 Å². The lowest BCUT2D eigenvalue weighted by Crippen LogP contribution is -2.44. The van der Waals surface area contributed by atoms with Crippen molar-refractivity contribution in [1.82, 2.24) is 5.32 Å². The fourth-order valence-electron chi connectivity index (χ4n) is 2.20. The fourth-order valence-corrected chi connectivity index (χ4v) is 2.20. The zero-order chi connectivity index (χ0) is 10.6. The summed E-state index contributed by atoms with van der Waals surface area (Å²) in [5.74, 6) is 0.714. The summed E-state index contributed by atoms with van der Waals surface area (Å²) in [6.07, 6.45) is 5.38. The molecule has 0 aliphatic heterocycles. The van der Waals surface area contributed by atoms with Gasteiger partial charge in [-0.3, -0.25) is 0 Å². The molecule has 14 heavy (non-hydrogen) atoms. The Hall–Kier alpha value is -0.0800. The van der Waals surface area contributed by atoms with E-state index in [2.05, 4.69) is 26.1 Å². The van der Waals surface area contributed by atoms with Crippen LogP contribution in [0.25, 0.3) is 0 Å². The molecule has 0 heterocycles. The van der Waals surface area contributed by atoms with Crippen molar-refractivity contribution in [1.29, 1.82) is 0 Å². The monoisotopic (exact) mass is 198 g/mol. The highest BCUT2D eigenvalue weighted by atomic mass is 14.9. The molecule has 0 amide bonds. The number of nitrogens with two attached hydrogens (primary N) is 1. The molecule has 2 nitrogen and oxygen atoms in total. The van der Waals surface area contributed by atoms with Gasteiger partial charge in [-0.15, -0.1) is 0 Å². The van der Waals surface area contributed by atoms with E-state index < -0.39 is 0 Å². The van der Waals surface area contributed by atoms with Gasteiger partial charge in [0.25, 0.3) is 0 Å². The summed E-state index contributed by atoms with van der Waals surface area (Å²) in [6, 6.07) is 0.674. The predicted octanol–water partition coefficient (Wildman–Crippen LogP) is 2.14. The molecule has 1 saturated carbocycles. The normalized spacial score (nSPS) is 29.1. The molecule has 2 atom stereocenters. The van der Waals surface area contributed by atoms with Crippen LogP contribution in [0.1, 0.15) is 46.5 Å². The average molecular weight is 198 g/mol. The maximum Gasteiger partial charge on any atom is 0.0108 e. The fraction of sp³-hybridized carbons (Fsp3) is 1.00. The molecule has 0 aromatic carbocycles. The lowest BCUT2D eigenvalue weighted by molar-refractivity contribution is 0.240. The van der Waals surface area contributed by atoms with Gasteiger partial charge in [-0.1, -0.05) is 33.6 Å². The SMILES string of the molecule is CC(C)(C)CNC1CCCCC1CN. The quantitative estimate of drug-likeness (QED) is 0.729. The number of hydrogen-bond donors (Lipinski definition) is 2. The minimum atomic E-state index is 0.386.